The summed E-state index contributed by atoms with van der Waals surface area (Å²) in [6, 6.07) is 1.60. The Labute approximate surface area is 104 Å². The first-order chi connectivity index (χ1) is 8.66. The molecular weight excluding hydrogens is 234 g/mol. The van der Waals surface area contributed by atoms with Crippen LogP contribution in [0.4, 0.5) is 0 Å². The van der Waals surface area contributed by atoms with Gasteiger partial charge in [-0.2, -0.15) is 0 Å². The molecule has 0 unspecified atom stereocenters. The quantitative estimate of drug-likeness (QED) is 0.783. The maximum atomic E-state index is 12.2. The highest BCUT2D eigenvalue weighted by atomic mass is 16.5. The lowest BCUT2D eigenvalue weighted by atomic mass is 10.3. The molecule has 6 nitrogen and oxygen atoms in total. The lowest BCUT2D eigenvalue weighted by molar-refractivity contribution is -0.141. The van der Waals surface area contributed by atoms with Crippen LogP contribution in [0.5, 0.6) is 0 Å². The Morgan fingerprint density at radius 1 is 1.33 bits per heavy atom. The Bertz CT molecular complexity index is 493. The maximum Gasteiger partial charge on any atom is 0.294 e. The maximum absolute atomic E-state index is 12.2. The number of amides is 2. The molecule has 6 heteroatoms. The van der Waals surface area contributed by atoms with Crippen molar-refractivity contribution in [2.45, 2.75) is 26.2 Å². The molecule has 0 aromatic carbocycles. The second-order valence-electron chi connectivity index (χ2n) is 4.84. The van der Waals surface area contributed by atoms with E-state index >= 15 is 0 Å². The van der Waals surface area contributed by atoms with Crippen molar-refractivity contribution >= 4 is 11.8 Å². The van der Waals surface area contributed by atoms with Gasteiger partial charge in [-0.15, -0.1) is 0 Å². The standard InChI is InChI=1S/C12H15N3O3/c1-8-7-10(13-18-8)12(17)15-6-2-5-14(15)11(16)9-3-4-9/h7,9H,2-6H2,1H3. The molecule has 1 saturated carbocycles. The number of hydrazine groups is 1. The Hall–Kier alpha value is -1.85. The summed E-state index contributed by atoms with van der Waals surface area (Å²) < 4.78 is 4.90. The van der Waals surface area contributed by atoms with E-state index in [9.17, 15) is 9.59 Å². The summed E-state index contributed by atoms with van der Waals surface area (Å²) in [7, 11) is 0. The van der Waals surface area contributed by atoms with Crippen molar-refractivity contribution in [3.05, 3.63) is 17.5 Å². The second kappa shape index (κ2) is 4.12. The zero-order chi connectivity index (χ0) is 12.7. The molecule has 0 spiro atoms. The fourth-order valence-electron chi connectivity index (χ4n) is 2.19. The molecule has 0 atom stereocenters. The minimum absolute atomic E-state index is 0.0704. The number of hydrogen-bond donors (Lipinski definition) is 0. The van der Waals surface area contributed by atoms with Gasteiger partial charge in [0, 0.05) is 25.1 Å². The smallest absolute Gasteiger partial charge is 0.294 e. The molecule has 2 amide bonds. The second-order valence-corrected chi connectivity index (χ2v) is 4.84. The monoisotopic (exact) mass is 249 g/mol. The van der Waals surface area contributed by atoms with Gasteiger partial charge in [-0.25, -0.2) is 5.01 Å². The normalized spacial score (nSPS) is 19.4. The van der Waals surface area contributed by atoms with Crippen LogP contribution in [-0.2, 0) is 4.79 Å². The van der Waals surface area contributed by atoms with Gasteiger partial charge >= 0.3 is 0 Å². The molecule has 3 rings (SSSR count). The number of aryl methyl sites for hydroxylation is 1. The molecule has 0 radical (unpaired) electrons. The van der Waals surface area contributed by atoms with Gasteiger partial charge in [0.15, 0.2) is 5.69 Å². The highest BCUT2D eigenvalue weighted by Crippen LogP contribution is 2.32. The van der Waals surface area contributed by atoms with Crippen LogP contribution in [0.15, 0.2) is 10.6 Å². The predicted molar refractivity (Wildman–Crippen MR) is 61.3 cm³/mol. The van der Waals surface area contributed by atoms with Crippen molar-refractivity contribution in [3.8, 4) is 0 Å². The van der Waals surface area contributed by atoms with Gasteiger partial charge in [-0.1, -0.05) is 5.16 Å². The van der Waals surface area contributed by atoms with E-state index in [1.165, 1.54) is 5.01 Å². The zero-order valence-corrected chi connectivity index (χ0v) is 10.3. The van der Waals surface area contributed by atoms with Crippen LogP contribution >= 0.6 is 0 Å². The van der Waals surface area contributed by atoms with E-state index in [1.54, 1.807) is 18.0 Å². The van der Waals surface area contributed by atoms with Gasteiger partial charge in [-0.05, 0) is 26.2 Å². The molecule has 1 saturated heterocycles. The van der Waals surface area contributed by atoms with E-state index < -0.39 is 0 Å². The van der Waals surface area contributed by atoms with Crippen molar-refractivity contribution in [3.63, 3.8) is 0 Å². The lowest BCUT2D eigenvalue weighted by Gasteiger charge is -2.27. The first-order valence-electron chi connectivity index (χ1n) is 6.23. The summed E-state index contributed by atoms with van der Waals surface area (Å²) in [5.41, 5.74) is 0.267. The summed E-state index contributed by atoms with van der Waals surface area (Å²) in [6.45, 7) is 2.93. The fourth-order valence-corrected chi connectivity index (χ4v) is 2.19. The molecule has 1 aromatic rings. The average Bonchev–Trinajstić information content (AvgIpc) is 2.93. The van der Waals surface area contributed by atoms with E-state index in [0.717, 1.165) is 19.3 Å². The third-order valence-electron chi connectivity index (χ3n) is 3.29. The number of hydrogen-bond acceptors (Lipinski definition) is 4. The van der Waals surface area contributed by atoms with Crippen LogP contribution in [0.25, 0.3) is 0 Å². The number of nitrogens with zero attached hydrogens (tertiary/aromatic N) is 3. The number of carbonyl (C=O) groups excluding carboxylic acids is 2. The molecule has 1 aliphatic heterocycles. The van der Waals surface area contributed by atoms with Gasteiger partial charge < -0.3 is 4.52 Å². The van der Waals surface area contributed by atoms with E-state index in [2.05, 4.69) is 5.16 Å². The van der Waals surface area contributed by atoms with Crippen molar-refractivity contribution in [2.24, 2.45) is 5.92 Å². The van der Waals surface area contributed by atoms with E-state index in [4.69, 9.17) is 4.52 Å². The van der Waals surface area contributed by atoms with Crippen molar-refractivity contribution < 1.29 is 14.1 Å². The van der Waals surface area contributed by atoms with Crippen molar-refractivity contribution in [1.82, 2.24) is 15.2 Å². The molecule has 1 aromatic heterocycles. The van der Waals surface area contributed by atoms with Gasteiger partial charge in [0.1, 0.15) is 5.76 Å². The number of aromatic nitrogens is 1. The Morgan fingerprint density at radius 3 is 2.67 bits per heavy atom. The molecule has 2 fully saturated rings. The Balaban J connectivity index is 1.77. The van der Waals surface area contributed by atoms with Gasteiger partial charge in [0.05, 0.1) is 0 Å². The van der Waals surface area contributed by atoms with E-state index in [1.807, 2.05) is 0 Å². The van der Waals surface area contributed by atoms with Crippen LogP contribution in [0.2, 0.25) is 0 Å². The Kier molecular flexibility index (Phi) is 2.57. The summed E-state index contributed by atoms with van der Waals surface area (Å²) >= 11 is 0. The minimum Gasteiger partial charge on any atom is -0.361 e. The van der Waals surface area contributed by atoms with Gasteiger partial charge in [0.25, 0.3) is 5.91 Å². The molecular formula is C12H15N3O3. The van der Waals surface area contributed by atoms with Crippen LogP contribution in [-0.4, -0.2) is 40.1 Å². The van der Waals surface area contributed by atoms with E-state index in [0.29, 0.717) is 18.8 Å². The fraction of sp³-hybridized carbons (Fsp3) is 0.583. The molecule has 2 heterocycles. The predicted octanol–water partition coefficient (Wildman–Crippen LogP) is 0.983. The van der Waals surface area contributed by atoms with Crippen molar-refractivity contribution in [1.29, 1.82) is 0 Å². The third-order valence-corrected chi connectivity index (χ3v) is 3.29. The topological polar surface area (TPSA) is 66.7 Å². The molecule has 1 aliphatic carbocycles. The zero-order valence-electron chi connectivity index (χ0n) is 10.3. The van der Waals surface area contributed by atoms with E-state index in [-0.39, 0.29) is 23.4 Å². The molecule has 18 heavy (non-hydrogen) atoms. The van der Waals surface area contributed by atoms with Gasteiger partial charge in [-0.3, -0.25) is 14.6 Å². The van der Waals surface area contributed by atoms with Crippen LogP contribution < -0.4 is 0 Å². The summed E-state index contributed by atoms with van der Waals surface area (Å²) in [4.78, 5) is 24.3. The Morgan fingerprint density at radius 2 is 2.06 bits per heavy atom. The van der Waals surface area contributed by atoms with Crippen LogP contribution in [0.1, 0.15) is 35.5 Å². The summed E-state index contributed by atoms with van der Waals surface area (Å²) in [5.74, 6) is 0.537. The SMILES string of the molecule is Cc1cc(C(=O)N2CCCN2C(=O)C2CC2)no1. The largest absolute Gasteiger partial charge is 0.361 e. The van der Waals surface area contributed by atoms with Crippen molar-refractivity contribution in [2.75, 3.05) is 13.1 Å². The summed E-state index contributed by atoms with van der Waals surface area (Å²) in [6.07, 6.45) is 2.71. The summed E-state index contributed by atoms with van der Waals surface area (Å²) in [5, 5.41) is 6.78. The molecule has 2 aliphatic rings. The number of carbonyl (C=O) groups is 2. The molecule has 0 N–H and O–H groups in total. The average molecular weight is 249 g/mol. The van der Waals surface area contributed by atoms with Gasteiger partial charge in [0.2, 0.25) is 5.91 Å². The molecule has 96 valence electrons. The minimum atomic E-state index is -0.252. The third kappa shape index (κ3) is 1.87. The molecule has 0 bridgehead atoms. The first kappa shape index (κ1) is 11.3. The van der Waals surface area contributed by atoms with Crippen LogP contribution in [0, 0.1) is 12.8 Å². The number of rotatable bonds is 2. The highest BCUT2D eigenvalue weighted by Gasteiger charge is 2.40. The first-order valence-corrected chi connectivity index (χ1v) is 6.23. The van der Waals surface area contributed by atoms with Crippen LogP contribution in [0.3, 0.4) is 0 Å². The highest BCUT2D eigenvalue weighted by molar-refractivity contribution is 5.94. The lowest BCUT2D eigenvalue weighted by Crippen LogP contribution is -2.45.